The molecule has 7 heteroatoms. The van der Waals surface area contributed by atoms with E-state index in [9.17, 15) is 14.4 Å². The number of anilines is 1. The minimum atomic E-state index is -1.18. The largest absolute Gasteiger partial charge is 0.325 e. The topological polar surface area (TPSA) is 78.5 Å². The van der Waals surface area contributed by atoms with Crippen molar-refractivity contribution in [2.75, 3.05) is 11.9 Å². The van der Waals surface area contributed by atoms with Crippen LogP contribution >= 0.6 is 22.6 Å². The van der Waals surface area contributed by atoms with E-state index in [0.717, 1.165) is 14.0 Å². The minimum absolute atomic E-state index is 0.337. The molecule has 1 aliphatic rings. The summed E-state index contributed by atoms with van der Waals surface area (Å²) in [6, 6.07) is 14.3. The Morgan fingerprint density at radius 2 is 1.71 bits per heavy atom. The lowest BCUT2D eigenvalue weighted by atomic mass is 9.90. The molecule has 1 saturated heterocycles. The number of nitrogens with zero attached hydrogens (tertiary/aromatic N) is 1. The molecule has 0 spiro atoms. The molecule has 1 heterocycles. The first-order valence-corrected chi connectivity index (χ1v) is 10.1. The zero-order chi connectivity index (χ0) is 20.5. The zero-order valence-corrected chi connectivity index (χ0v) is 18.1. The SMILES string of the molecule is CC(C)c1ccc(C2(C)NC(=O)N(CC(=O)Nc3ccc(I)cc3)C2=O)cc1. The Balaban J connectivity index is 1.73. The van der Waals surface area contributed by atoms with Gasteiger partial charge in [0, 0.05) is 9.26 Å². The van der Waals surface area contributed by atoms with Crippen molar-refractivity contribution in [3.05, 3.63) is 63.2 Å². The van der Waals surface area contributed by atoms with Gasteiger partial charge in [0.15, 0.2) is 0 Å². The molecule has 2 N–H and O–H groups in total. The van der Waals surface area contributed by atoms with Gasteiger partial charge in [-0.25, -0.2) is 4.79 Å². The molecule has 28 heavy (non-hydrogen) atoms. The van der Waals surface area contributed by atoms with Crippen LogP contribution in [0.25, 0.3) is 0 Å². The highest BCUT2D eigenvalue weighted by Crippen LogP contribution is 2.30. The first kappa shape index (κ1) is 20.3. The van der Waals surface area contributed by atoms with E-state index in [1.165, 1.54) is 0 Å². The average Bonchev–Trinajstić information content (AvgIpc) is 2.88. The van der Waals surface area contributed by atoms with Crippen LogP contribution in [0.1, 0.15) is 37.8 Å². The summed E-state index contributed by atoms with van der Waals surface area (Å²) >= 11 is 2.17. The first-order chi connectivity index (χ1) is 13.2. The Labute approximate surface area is 177 Å². The average molecular weight is 491 g/mol. The number of hydrogen-bond donors (Lipinski definition) is 2. The fraction of sp³-hybridized carbons (Fsp3) is 0.286. The predicted octanol–water partition coefficient (Wildman–Crippen LogP) is 3.82. The van der Waals surface area contributed by atoms with Crippen molar-refractivity contribution in [2.24, 2.45) is 0 Å². The molecule has 0 bridgehead atoms. The third kappa shape index (κ3) is 4.04. The van der Waals surface area contributed by atoms with Crippen LogP contribution in [0.15, 0.2) is 48.5 Å². The fourth-order valence-corrected chi connectivity index (χ4v) is 3.47. The summed E-state index contributed by atoms with van der Waals surface area (Å²) in [6.07, 6.45) is 0. The van der Waals surface area contributed by atoms with Crippen LogP contribution in [-0.4, -0.2) is 29.3 Å². The molecule has 1 unspecified atom stereocenters. The minimum Gasteiger partial charge on any atom is -0.325 e. The molecule has 0 radical (unpaired) electrons. The van der Waals surface area contributed by atoms with Crippen molar-refractivity contribution >= 4 is 46.1 Å². The summed E-state index contributed by atoms with van der Waals surface area (Å²) in [5, 5.41) is 5.44. The monoisotopic (exact) mass is 491 g/mol. The van der Waals surface area contributed by atoms with E-state index in [1.807, 2.05) is 36.4 Å². The number of amides is 4. The first-order valence-electron chi connectivity index (χ1n) is 9.00. The Hall–Kier alpha value is -2.42. The maximum Gasteiger partial charge on any atom is 0.325 e. The third-order valence-electron chi connectivity index (χ3n) is 4.86. The lowest BCUT2D eigenvalue weighted by Crippen LogP contribution is -2.42. The van der Waals surface area contributed by atoms with Crippen LogP contribution in [0.5, 0.6) is 0 Å². The summed E-state index contributed by atoms with van der Waals surface area (Å²) < 4.78 is 1.05. The van der Waals surface area contributed by atoms with Gasteiger partial charge in [0.2, 0.25) is 5.91 Å². The van der Waals surface area contributed by atoms with Gasteiger partial charge in [0.25, 0.3) is 5.91 Å². The summed E-state index contributed by atoms with van der Waals surface area (Å²) in [7, 11) is 0. The van der Waals surface area contributed by atoms with Gasteiger partial charge in [-0.15, -0.1) is 0 Å². The van der Waals surface area contributed by atoms with E-state index in [0.29, 0.717) is 17.2 Å². The molecule has 1 aliphatic heterocycles. The molecule has 2 aromatic carbocycles. The molecule has 4 amide bonds. The lowest BCUT2D eigenvalue weighted by molar-refractivity contribution is -0.133. The number of urea groups is 1. The zero-order valence-electron chi connectivity index (χ0n) is 16.0. The Morgan fingerprint density at radius 3 is 2.29 bits per heavy atom. The number of benzene rings is 2. The lowest BCUT2D eigenvalue weighted by Gasteiger charge is -2.22. The molecule has 0 aliphatic carbocycles. The second-order valence-corrected chi connectivity index (χ2v) is 8.52. The highest BCUT2D eigenvalue weighted by atomic mass is 127. The summed E-state index contributed by atoms with van der Waals surface area (Å²) in [6.45, 7) is 5.51. The fourth-order valence-electron chi connectivity index (χ4n) is 3.11. The number of carbonyl (C=O) groups excluding carboxylic acids is 3. The van der Waals surface area contributed by atoms with Crippen molar-refractivity contribution < 1.29 is 14.4 Å². The van der Waals surface area contributed by atoms with Crippen molar-refractivity contribution in [3.63, 3.8) is 0 Å². The maximum absolute atomic E-state index is 13.0. The van der Waals surface area contributed by atoms with Gasteiger partial charge in [0.1, 0.15) is 12.1 Å². The van der Waals surface area contributed by atoms with E-state index in [4.69, 9.17) is 0 Å². The van der Waals surface area contributed by atoms with Crippen molar-refractivity contribution in [3.8, 4) is 0 Å². The normalized spacial score (nSPS) is 19.1. The van der Waals surface area contributed by atoms with E-state index >= 15 is 0 Å². The standard InChI is InChI=1S/C21H22IN3O3/c1-13(2)14-4-6-15(7-5-14)21(3)19(27)25(20(28)24-21)12-18(26)23-17-10-8-16(22)9-11-17/h4-11,13H,12H2,1-3H3,(H,23,26)(H,24,28). The maximum atomic E-state index is 13.0. The van der Waals surface area contributed by atoms with E-state index in [-0.39, 0.29) is 6.54 Å². The molecule has 146 valence electrons. The second kappa shape index (κ2) is 7.90. The summed E-state index contributed by atoms with van der Waals surface area (Å²) in [4.78, 5) is 38.6. The Kier molecular flexibility index (Phi) is 5.74. The van der Waals surface area contributed by atoms with Crippen LogP contribution < -0.4 is 10.6 Å². The van der Waals surface area contributed by atoms with Gasteiger partial charge in [-0.3, -0.25) is 14.5 Å². The Bertz CT molecular complexity index is 909. The van der Waals surface area contributed by atoms with Gasteiger partial charge < -0.3 is 10.6 Å². The second-order valence-electron chi connectivity index (χ2n) is 7.28. The molecule has 6 nitrogen and oxygen atoms in total. The molecular weight excluding hydrogens is 469 g/mol. The van der Waals surface area contributed by atoms with E-state index in [2.05, 4.69) is 47.1 Å². The molecular formula is C21H22IN3O3. The smallest absolute Gasteiger partial charge is 0.325 e. The highest BCUT2D eigenvalue weighted by molar-refractivity contribution is 14.1. The number of imide groups is 1. The van der Waals surface area contributed by atoms with Gasteiger partial charge in [-0.05, 0) is 70.8 Å². The molecule has 1 fully saturated rings. The van der Waals surface area contributed by atoms with Gasteiger partial charge >= 0.3 is 6.03 Å². The van der Waals surface area contributed by atoms with Crippen molar-refractivity contribution in [1.82, 2.24) is 10.2 Å². The predicted molar refractivity (Wildman–Crippen MR) is 116 cm³/mol. The van der Waals surface area contributed by atoms with E-state index < -0.39 is 23.4 Å². The molecule has 0 saturated carbocycles. The molecule has 1 atom stereocenters. The third-order valence-corrected chi connectivity index (χ3v) is 5.58. The number of hydrogen-bond acceptors (Lipinski definition) is 3. The van der Waals surface area contributed by atoms with Crippen molar-refractivity contribution in [2.45, 2.75) is 32.2 Å². The Morgan fingerprint density at radius 1 is 1.11 bits per heavy atom. The van der Waals surface area contributed by atoms with Crippen LogP contribution in [0.4, 0.5) is 10.5 Å². The summed E-state index contributed by atoms with van der Waals surface area (Å²) in [5.74, 6) is -0.492. The highest BCUT2D eigenvalue weighted by Gasteiger charge is 2.49. The summed E-state index contributed by atoms with van der Waals surface area (Å²) in [5.41, 5.74) is 1.27. The van der Waals surface area contributed by atoms with E-state index in [1.54, 1.807) is 19.1 Å². The number of nitrogens with one attached hydrogen (secondary N) is 2. The van der Waals surface area contributed by atoms with Crippen LogP contribution in [0.3, 0.4) is 0 Å². The quantitative estimate of drug-likeness (QED) is 0.493. The van der Waals surface area contributed by atoms with Crippen molar-refractivity contribution in [1.29, 1.82) is 0 Å². The molecule has 2 aromatic rings. The number of carbonyl (C=O) groups is 3. The van der Waals surface area contributed by atoms with Crippen LogP contribution in [0.2, 0.25) is 0 Å². The number of halogens is 1. The number of rotatable bonds is 5. The molecule has 0 aromatic heterocycles. The van der Waals surface area contributed by atoms with Gasteiger partial charge in [-0.1, -0.05) is 38.1 Å². The van der Waals surface area contributed by atoms with Gasteiger partial charge in [0.05, 0.1) is 0 Å². The van der Waals surface area contributed by atoms with Crippen LogP contribution in [-0.2, 0) is 15.1 Å². The molecule has 3 rings (SSSR count). The van der Waals surface area contributed by atoms with Crippen LogP contribution in [0, 0.1) is 3.57 Å². The van der Waals surface area contributed by atoms with Gasteiger partial charge in [-0.2, -0.15) is 0 Å².